The highest BCUT2D eigenvalue weighted by Gasteiger charge is 2.40. The fourth-order valence-electron chi connectivity index (χ4n) is 7.58. The van der Waals surface area contributed by atoms with E-state index in [2.05, 4.69) is 6.92 Å². The zero-order valence-corrected chi connectivity index (χ0v) is 28.0. The highest BCUT2D eigenvalue weighted by atomic mass is 16.6. The van der Waals surface area contributed by atoms with E-state index in [1.165, 1.54) is 96.3 Å². The Labute approximate surface area is 264 Å². The van der Waals surface area contributed by atoms with Crippen molar-refractivity contribution in [2.45, 2.75) is 224 Å². The first-order chi connectivity index (χ1) is 21.0. The molecule has 3 rings (SSSR count). The zero-order valence-electron chi connectivity index (χ0n) is 28.0. The van der Waals surface area contributed by atoms with Gasteiger partial charge in [-0.1, -0.05) is 122 Å². The van der Waals surface area contributed by atoms with E-state index < -0.39 is 0 Å². The van der Waals surface area contributed by atoms with E-state index >= 15 is 0 Å². The van der Waals surface area contributed by atoms with E-state index in [-0.39, 0.29) is 54.6 Å². The van der Waals surface area contributed by atoms with Crippen molar-refractivity contribution in [2.24, 2.45) is 5.92 Å². The molecule has 2 N–H and O–H groups in total. The topological polar surface area (TPSA) is 85.2 Å². The number of aliphatic hydroxyl groups is 2. The van der Waals surface area contributed by atoms with Crippen molar-refractivity contribution >= 4 is 5.97 Å². The number of ether oxygens (including phenoxy) is 3. The number of carbonyl (C=O) groups is 1. The van der Waals surface area contributed by atoms with Gasteiger partial charge in [-0.15, -0.1) is 0 Å². The summed E-state index contributed by atoms with van der Waals surface area (Å²) in [4.78, 5) is 11.7. The van der Waals surface area contributed by atoms with Crippen LogP contribution in [-0.2, 0) is 19.0 Å². The summed E-state index contributed by atoms with van der Waals surface area (Å²) in [6, 6.07) is 0. The molecule has 3 fully saturated rings. The smallest absolute Gasteiger partial charge is 0.309 e. The van der Waals surface area contributed by atoms with Crippen LogP contribution in [0.15, 0.2) is 0 Å². The van der Waals surface area contributed by atoms with E-state index in [0.717, 1.165) is 70.6 Å². The van der Waals surface area contributed by atoms with E-state index in [1.54, 1.807) is 0 Å². The molecule has 0 spiro atoms. The Balaban J connectivity index is 1.11. The van der Waals surface area contributed by atoms with E-state index in [9.17, 15) is 15.0 Å². The molecule has 0 saturated carbocycles. The summed E-state index contributed by atoms with van der Waals surface area (Å²) in [7, 11) is 0. The summed E-state index contributed by atoms with van der Waals surface area (Å²) in [5.41, 5.74) is 0. The molecule has 6 nitrogen and oxygen atoms in total. The van der Waals surface area contributed by atoms with E-state index in [4.69, 9.17) is 14.2 Å². The SMILES string of the molecule is CCCCCCCCCC[C@@H](O)[C@H]1CC[C@H]([C@H]2CC[C@H]([C@H](O)CCCCCCCCCCCC[C@H]3C[C@H](C)OC3=O)O2)O1. The van der Waals surface area contributed by atoms with Gasteiger partial charge in [-0.05, 0) is 58.3 Å². The molecule has 0 radical (unpaired) electrons. The van der Waals surface area contributed by atoms with Crippen LogP contribution in [0, 0.1) is 5.92 Å². The Morgan fingerprint density at radius 3 is 1.47 bits per heavy atom. The number of esters is 1. The predicted octanol–water partition coefficient (Wildman–Crippen LogP) is 8.97. The molecule has 43 heavy (non-hydrogen) atoms. The zero-order chi connectivity index (χ0) is 30.7. The van der Waals surface area contributed by atoms with Crippen molar-refractivity contribution < 1.29 is 29.2 Å². The molecular weight excluding hydrogens is 540 g/mol. The van der Waals surface area contributed by atoms with Crippen LogP contribution >= 0.6 is 0 Å². The molecule has 0 aromatic rings. The second-order valence-corrected chi connectivity index (χ2v) is 14.3. The molecular formula is C37H68O6. The lowest BCUT2D eigenvalue weighted by molar-refractivity contribution is -0.143. The highest BCUT2D eigenvalue weighted by Crippen LogP contribution is 2.35. The van der Waals surface area contributed by atoms with Gasteiger partial charge >= 0.3 is 5.97 Å². The van der Waals surface area contributed by atoms with Crippen molar-refractivity contribution in [3.05, 3.63) is 0 Å². The molecule has 3 heterocycles. The molecule has 3 aliphatic rings. The average molecular weight is 609 g/mol. The quantitative estimate of drug-likeness (QED) is 0.0795. The van der Waals surface area contributed by atoms with Gasteiger partial charge < -0.3 is 24.4 Å². The van der Waals surface area contributed by atoms with Crippen LogP contribution in [0.25, 0.3) is 0 Å². The summed E-state index contributed by atoms with van der Waals surface area (Å²) in [6.45, 7) is 4.25. The summed E-state index contributed by atoms with van der Waals surface area (Å²) in [5.74, 6) is 0.172. The van der Waals surface area contributed by atoms with Crippen LogP contribution in [0.5, 0.6) is 0 Å². The van der Waals surface area contributed by atoms with Crippen LogP contribution in [0.3, 0.4) is 0 Å². The van der Waals surface area contributed by atoms with E-state index in [1.807, 2.05) is 6.92 Å². The monoisotopic (exact) mass is 609 g/mol. The second kappa shape index (κ2) is 21.9. The molecule has 0 unspecified atom stereocenters. The third-order valence-electron chi connectivity index (χ3n) is 10.4. The molecule has 8 atom stereocenters. The summed E-state index contributed by atoms with van der Waals surface area (Å²) in [5, 5.41) is 21.4. The van der Waals surface area contributed by atoms with Gasteiger partial charge in [0, 0.05) is 0 Å². The van der Waals surface area contributed by atoms with Gasteiger partial charge in [-0.3, -0.25) is 4.79 Å². The van der Waals surface area contributed by atoms with Gasteiger partial charge in [0.15, 0.2) is 0 Å². The number of carbonyl (C=O) groups excluding carboxylic acids is 1. The van der Waals surface area contributed by atoms with Crippen LogP contribution < -0.4 is 0 Å². The highest BCUT2D eigenvalue weighted by molar-refractivity contribution is 5.74. The summed E-state index contributed by atoms with van der Waals surface area (Å²) >= 11 is 0. The molecule has 6 heteroatoms. The molecule has 3 saturated heterocycles. The maximum atomic E-state index is 11.7. The van der Waals surface area contributed by atoms with Crippen molar-refractivity contribution in [2.75, 3.05) is 0 Å². The first-order valence-electron chi connectivity index (χ1n) is 18.9. The fraction of sp³-hybridized carbons (Fsp3) is 0.973. The number of hydrogen-bond donors (Lipinski definition) is 2. The lowest BCUT2D eigenvalue weighted by Crippen LogP contribution is -2.33. The number of aliphatic hydroxyl groups excluding tert-OH is 2. The first-order valence-corrected chi connectivity index (χ1v) is 18.9. The van der Waals surface area contributed by atoms with Crippen LogP contribution in [0.1, 0.15) is 181 Å². The van der Waals surface area contributed by atoms with Gasteiger partial charge in [0.05, 0.1) is 48.6 Å². The fourth-order valence-corrected chi connectivity index (χ4v) is 7.58. The Kier molecular flexibility index (Phi) is 18.8. The van der Waals surface area contributed by atoms with Gasteiger partial charge in [0.1, 0.15) is 0 Å². The van der Waals surface area contributed by atoms with Crippen molar-refractivity contribution in [1.29, 1.82) is 0 Å². The number of unbranched alkanes of at least 4 members (excludes halogenated alkanes) is 16. The minimum atomic E-state index is -0.371. The Morgan fingerprint density at radius 2 is 1.05 bits per heavy atom. The van der Waals surface area contributed by atoms with Gasteiger partial charge in [-0.25, -0.2) is 0 Å². The summed E-state index contributed by atoms with van der Waals surface area (Å²) in [6.07, 6.45) is 29.4. The third kappa shape index (κ3) is 14.5. The number of cyclic esters (lactones) is 1. The Morgan fingerprint density at radius 1 is 0.628 bits per heavy atom. The third-order valence-corrected chi connectivity index (χ3v) is 10.4. The predicted molar refractivity (Wildman–Crippen MR) is 174 cm³/mol. The molecule has 0 aromatic heterocycles. The maximum Gasteiger partial charge on any atom is 0.309 e. The van der Waals surface area contributed by atoms with Gasteiger partial charge in [-0.2, -0.15) is 0 Å². The Hall–Kier alpha value is -0.690. The first kappa shape index (κ1) is 36.8. The minimum Gasteiger partial charge on any atom is -0.462 e. The van der Waals surface area contributed by atoms with Crippen molar-refractivity contribution in [3.63, 3.8) is 0 Å². The van der Waals surface area contributed by atoms with E-state index in [0.29, 0.717) is 0 Å². The maximum absolute atomic E-state index is 11.7. The number of hydrogen-bond acceptors (Lipinski definition) is 6. The van der Waals surface area contributed by atoms with Crippen LogP contribution in [-0.4, -0.2) is 58.9 Å². The molecule has 3 aliphatic heterocycles. The van der Waals surface area contributed by atoms with Gasteiger partial charge in [0.25, 0.3) is 0 Å². The second-order valence-electron chi connectivity index (χ2n) is 14.3. The minimum absolute atomic E-state index is 0.0212. The van der Waals surface area contributed by atoms with Crippen LogP contribution in [0.4, 0.5) is 0 Å². The molecule has 0 amide bonds. The van der Waals surface area contributed by atoms with Gasteiger partial charge in [0.2, 0.25) is 0 Å². The largest absolute Gasteiger partial charge is 0.462 e. The molecule has 0 aromatic carbocycles. The van der Waals surface area contributed by atoms with Crippen molar-refractivity contribution in [1.82, 2.24) is 0 Å². The number of rotatable bonds is 25. The van der Waals surface area contributed by atoms with Crippen LogP contribution in [0.2, 0.25) is 0 Å². The molecule has 0 bridgehead atoms. The normalized spacial score (nSPS) is 28.9. The van der Waals surface area contributed by atoms with Crippen molar-refractivity contribution in [3.8, 4) is 0 Å². The lowest BCUT2D eigenvalue weighted by Gasteiger charge is -2.24. The standard InChI is InChI=1S/C37H68O6/c1-3-4-5-6-7-13-16-19-22-31(38)33-24-26-35(42-33)36-27-25-34(43-36)32(39)23-20-17-14-11-9-8-10-12-15-18-21-30-28-29(2)41-37(30)40/h29-36,38-39H,3-28H2,1-2H3/t29-,30-,31+,32+,33+,34+,35+,36+/m0/s1. The lowest BCUT2D eigenvalue weighted by atomic mass is 9.97. The summed E-state index contributed by atoms with van der Waals surface area (Å²) < 4.78 is 17.8. The molecule has 252 valence electrons. The molecule has 0 aliphatic carbocycles. The average Bonchev–Trinajstić information content (AvgIpc) is 3.75. The Bertz CT molecular complexity index is 715.